The smallest absolute Gasteiger partial charge is 0.243 e. The van der Waals surface area contributed by atoms with Gasteiger partial charge in [-0.05, 0) is 67.4 Å². The molecule has 3 atom stereocenters. The van der Waals surface area contributed by atoms with Crippen molar-refractivity contribution in [2.75, 3.05) is 20.2 Å². The van der Waals surface area contributed by atoms with Crippen molar-refractivity contribution >= 4 is 17.2 Å². The molecule has 3 fully saturated rings. The summed E-state index contributed by atoms with van der Waals surface area (Å²) < 4.78 is 5.34. The normalized spacial score (nSPS) is 30.0. The fourth-order valence-corrected chi connectivity index (χ4v) is 6.73. The van der Waals surface area contributed by atoms with Gasteiger partial charge in [-0.3, -0.25) is 9.69 Å². The number of hydrogen-bond donors (Lipinski definition) is 0. The fraction of sp³-hybridized carbons (Fsp3) is 0.500. The summed E-state index contributed by atoms with van der Waals surface area (Å²) in [5, 5.41) is 2.19. The van der Waals surface area contributed by atoms with Gasteiger partial charge in [0, 0.05) is 29.9 Å². The third kappa shape index (κ3) is 2.48. The Morgan fingerprint density at radius 2 is 2.22 bits per heavy atom. The van der Waals surface area contributed by atoms with Crippen LogP contribution in [0, 0.1) is 12.8 Å². The van der Waals surface area contributed by atoms with E-state index in [1.807, 2.05) is 29.5 Å². The Kier molecular flexibility index (Phi) is 4.06. The average molecular weight is 383 g/mol. The Labute approximate surface area is 164 Å². The lowest BCUT2D eigenvalue weighted by atomic mass is 9.85. The molecule has 0 bridgehead atoms. The van der Waals surface area contributed by atoms with Gasteiger partial charge in [0.05, 0.1) is 7.11 Å². The van der Waals surface area contributed by atoms with Crippen LogP contribution in [0.25, 0.3) is 0 Å². The molecular formula is C22H26N2O2S. The van der Waals surface area contributed by atoms with Gasteiger partial charge in [0.25, 0.3) is 0 Å². The number of rotatable bonds is 4. The van der Waals surface area contributed by atoms with Crippen molar-refractivity contribution in [3.8, 4) is 5.75 Å². The van der Waals surface area contributed by atoms with E-state index in [1.54, 1.807) is 7.11 Å². The zero-order valence-electron chi connectivity index (χ0n) is 16.0. The number of ether oxygens (including phenoxy) is 1. The maximum atomic E-state index is 13.6. The zero-order valence-corrected chi connectivity index (χ0v) is 16.8. The highest BCUT2D eigenvalue weighted by Crippen LogP contribution is 2.57. The third-order valence-electron chi connectivity index (χ3n) is 6.84. The van der Waals surface area contributed by atoms with Gasteiger partial charge in [-0.25, -0.2) is 0 Å². The van der Waals surface area contributed by atoms with E-state index in [0.717, 1.165) is 43.7 Å². The number of methoxy groups -OCH3 is 1. The van der Waals surface area contributed by atoms with E-state index in [1.165, 1.54) is 10.4 Å². The SMILES string of the molecule is COc1cccc(CN2C[C@@H]3C[C@@H](c4sccc4C)N4CCC[C@@]34C2=O)c1. The second-order valence-electron chi connectivity index (χ2n) is 8.17. The molecule has 3 saturated heterocycles. The molecule has 5 rings (SSSR count). The molecule has 0 radical (unpaired) electrons. The second kappa shape index (κ2) is 6.35. The number of carbonyl (C=O) groups is 1. The lowest BCUT2D eigenvalue weighted by Crippen LogP contribution is -2.49. The Bertz CT molecular complexity index is 879. The summed E-state index contributed by atoms with van der Waals surface area (Å²) in [5.74, 6) is 1.65. The van der Waals surface area contributed by atoms with E-state index >= 15 is 0 Å². The first-order valence-electron chi connectivity index (χ1n) is 9.86. The molecule has 0 N–H and O–H groups in total. The summed E-state index contributed by atoms with van der Waals surface area (Å²) in [6.45, 7) is 4.83. The summed E-state index contributed by atoms with van der Waals surface area (Å²) in [5.41, 5.74) is 2.28. The van der Waals surface area contributed by atoms with E-state index in [-0.39, 0.29) is 5.54 Å². The van der Waals surface area contributed by atoms with Crippen LogP contribution in [0.15, 0.2) is 35.7 Å². The molecule has 27 heavy (non-hydrogen) atoms. The molecule has 4 nitrogen and oxygen atoms in total. The van der Waals surface area contributed by atoms with Crippen LogP contribution < -0.4 is 4.74 Å². The van der Waals surface area contributed by atoms with E-state index in [9.17, 15) is 4.79 Å². The lowest BCUT2D eigenvalue weighted by Gasteiger charge is -2.33. The molecule has 0 aliphatic carbocycles. The van der Waals surface area contributed by atoms with Crippen molar-refractivity contribution < 1.29 is 9.53 Å². The molecule has 1 aromatic carbocycles. The number of amides is 1. The monoisotopic (exact) mass is 382 g/mol. The Morgan fingerprint density at radius 3 is 3.00 bits per heavy atom. The van der Waals surface area contributed by atoms with Crippen LogP contribution in [-0.4, -0.2) is 41.4 Å². The molecule has 2 aromatic rings. The van der Waals surface area contributed by atoms with Crippen LogP contribution >= 0.6 is 11.3 Å². The number of thiophene rings is 1. The van der Waals surface area contributed by atoms with Gasteiger partial charge in [-0.1, -0.05) is 12.1 Å². The molecule has 3 aliphatic rings. The van der Waals surface area contributed by atoms with E-state index in [0.29, 0.717) is 24.4 Å². The van der Waals surface area contributed by atoms with Gasteiger partial charge in [-0.15, -0.1) is 11.3 Å². The van der Waals surface area contributed by atoms with Crippen LogP contribution in [0.1, 0.15) is 41.3 Å². The molecule has 1 spiro atoms. The van der Waals surface area contributed by atoms with Crippen LogP contribution in [-0.2, 0) is 11.3 Å². The van der Waals surface area contributed by atoms with E-state index in [4.69, 9.17) is 4.74 Å². The van der Waals surface area contributed by atoms with Crippen molar-refractivity contribution in [3.63, 3.8) is 0 Å². The molecule has 3 aliphatic heterocycles. The van der Waals surface area contributed by atoms with Gasteiger partial charge in [0.2, 0.25) is 5.91 Å². The van der Waals surface area contributed by atoms with Crippen LogP contribution in [0.5, 0.6) is 5.75 Å². The maximum Gasteiger partial charge on any atom is 0.243 e. The Morgan fingerprint density at radius 1 is 1.33 bits per heavy atom. The van der Waals surface area contributed by atoms with Gasteiger partial charge in [0.1, 0.15) is 11.3 Å². The van der Waals surface area contributed by atoms with Crippen molar-refractivity contribution in [1.82, 2.24) is 9.80 Å². The van der Waals surface area contributed by atoms with Gasteiger partial charge in [-0.2, -0.15) is 0 Å². The van der Waals surface area contributed by atoms with E-state index < -0.39 is 0 Å². The third-order valence-corrected chi connectivity index (χ3v) is 7.96. The lowest BCUT2D eigenvalue weighted by molar-refractivity contribution is -0.137. The van der Waals surface area contributed by atoms with Crippen LogP contribution in [0.2, 0.25) is 0 Å². The van der Waals surface area contributed by atoms with Gasteiger partial charge in [0.15, 0.2) is 0 Å². The summed E-state index contributed by atoms with van der Waals surface area (Å²) in [4.78, 5) is 19.7. The molecule has 4 heterocycles. The average Bonchev–Trinajstić information content (AvgIpc) is 3.40. The number of nitrogens with zero attached hydrogens (tertiary/aromatic N) is 2. The second-order valence-corrected chi connectivity index (χ2v) is 9.12. The highest BCUT2D eigenvalue weighted by molar-refractivity contribution is 7.10. The van der Waals surface area contributed by atoms with E-state index in [2.05, 4.69) is 34.2 Å². The molecule has 1 aromatic heterocycles. The highest BCUT2D eigenvalue weighted by atomic mass is 32.1. The molecule has 142 valence electrons. The molecular weight excluding hydrogens is 356 g/mol. The van der Waals surface area contributed by atoms with Crippen LogP contribution in [0.4, 0.5) is 0 Å². The first-order valence-corrected chi connectivity index (χ1v) is 10.7. The number of aryl methyl sites for hydroxylation is 1. The predicted octanol–water partition coefficient (Wildman–Crippen LogP) is 4.00. The van der Waals surface area contributed by atoms with Gasteiger partial charge < -0.3 is 9.64 Å². The molecule has 0 saturated carbocycles. The zero-order chi connectivity index (χ0) is 18.6. The van der Waals surface area contributed by atoms with Crippen LogP contribution in [0.3, 0.4) is 0 Å². The summed E-state index contributed by atoms with van der Waals surface area (Å²) in [7, 11) is 1.69. The minimum Gasteiger partial charge on any atom is -0.497 e. The predicted molar refractivity (Wildman–Crippen MR) is 107 cm³/mol. The van der Waals surface area contributed by atoms with Crippen molar-refractivity contribution in [2.24, 2.45) is 5.92 Å². The summed E-state index contributed by atoms with van der Waals surface area (Å²) >= 11 is 1.86. The van der Waals surface area contributed by atoms with Crippen molar-refractivity contribution in [2.45, 2.75) is 44.3 Å². The number of likely N-dealkylation sites (tertiary alicyclic amines) is 1. The largest absolute Gasteiger partial charge is 0.497 e. The van der Waals surface area contributed by atoms with Gasteiger partial charge >= 0.3 is 0 Å². The number of carbonyl (C=O) groups excluding carboxylic acids is 1. The number of hydrogen-bond acceptors (Lipinski definition) is 4. The summed E-state index contributed by atoms with van der Waals surface area (Å²) in [6.07, 6.45) is 3.27. The topological polar surface area (TPSA) is 32.8 Å². The first kappa shape index (κ1) is 17.3. The standard InChI is InChI=1S/C22H26N2O2S/c1-15-7-10-27-20(15)19-12-17-14-23(13-16-5-3-6-18(11-16)26-2)21(25)22(17)8-4-9-24(19)22/h3,5-7,10-11,17,19H,4,8-9,12-14H2,1-2H3/t17-,19-,22-/m0/s1. The maximum absolute atomic E-state index is 13.6. The fourth-order valence-electron chi connectivity index (χ4n) is 5.68. The Balaban J connectivity index is 1.42. The minimum absolute atomic E-state index is 0.250. The highest BCUT2D eigenvalue weighted by Gasteiger charge is 2.65. The van der Waals surface area contributed by atoms with Crippen molar-refractivity contribution in [1.29, 1.82) is 0 Å². The summed E-state index contributed by atoms with van der Waals surface area (Å²) in [6, 6.07) is 10.7. The number of benzene rings is 1. The molecule has 0 unspecified atom stereocenters. The molecule has 5 heteroatoms. The van der Waals surface area contributed by atoms with Crippen molar-refractivity contribution in [3.05, 3.63) is 51.7 Å². The first-order chi connectivity index (χ1) is 13.1. The minimum atomic E-state index is -0.250. The Hall–Kier alpha value is -1.85. The molecule has 1 amide bonds. The quantitative estimate of drug-likeness (QED) is 0.801.